The summed E-state index contributed by atoms with van der Waals surface area (Å²) in [7, 11) is 0. The third-order valence-corrected chi connectivity index (χ3v) is 3.87. The second kappa shape index (κ2) is 4.77. The zero-order valence-electron chi connectivity index (χ0n) is 10.7. The van der Waals surface area contributed by atoms with Crippen LogP contribution < -0.4 is 5.32 Å². The quantitative estimate of drug-likeness (QED) is 0.859. The Hall–Kier alpha value is -1.56. The van der Waals surface area contributed by atoms with Crippen LogP contribution in [0.1, 0.15) is 36.3 Å². The maximum atomic E-state index is 12.8. The summed E-state index contributed by atoms with van der Waals surface area (Å²) in [6.07, 6.45) is -2.69. The van der Waals surface area contributed by atoms with E-state index in [4.69, 9.17) is 4.74 Å². The van der Waals surface area contributed by atoms with Crippen LogP contribution in [-0.4, -0.2) is 18.6 Å². The summed E-state index contributed by atoms with van der Waals surface area (Å²) in [5.41, 5.74) is 0.316. The van der Waals surface area contributed by atoms with E-state index < -0.39 is 11.7 Å². The van der Waals surface area contributed by atoms with Gasteiger partial charge < -0.3 is 10.1 Å². The van der Waals surface area contributed by atoms with E-state index in [0.29, 0.717) is 17.9 Å². The number of carbonyl (C=O) groups excluding carboxylic acids is 1. The number of nitrogens with one attached hydrogen (secondary N) is 1. The number of benzene rings is 1. The van der Waals surface area contributed by atoms with E-state index in [1.165, 1.54) is 6.07 Å². The first-order valence-electron chi connectivity index (χ1n) is 6.58. The normalized spacial score (nSPS) is 26.2. The molecule has 1 N–H and O–H groups in total. The van der Waals surface area contributed by atoms with Crippen molar-refractivity contribution in [3.05, 3.63) is 29.3 Å². The highest BCUT2D eigenvalue weighted by atomic mass is 19.4. The number of rotatable bonds is 1. The zero-order chi connectivity index (χ0) is 14.3. The number of carbonyl (C=O) groups is 1. The second-order valence-corrected chi connectivity index (χ2v) is 5.21. The molecule has 108 valence electrons. The molecule has 3 rings (SSSR count). The highest BCUT2D eigenvalue weighted by Crippen LogP contribution is 2.41. The Kier molecular flexibility index (Phi) is 3.20. The number of halogens is 3. The Bertz CT molecular complexity index is 536. The van der Waals surface area contributed by atoms with E-state index in [1.807, 2.05) is 0 Å². The molecular weight excluding hydrogens is 271 g/mol. The molecule has 2 heterocycles. The molecule has 20 heavy (non-hydrogen) atoms. The molecule has 1 aromatic rings. The van der Waals surface area contributed by atoms with Gasteiger partial charge in [0.05, 0.1) is 11.7 Å². The highest BCUT2D eigenvalue weighted by molar-refractivity contribution is 5.94. The molecule has 2 atom stereocenters. The first-order chi connectivity index (χ1) is 9.45. The van der Waals surface area contributed by atoms with E-state index in [2.05, 4.69) is 5.32 Å². The zero-order valence-corrected chi connectivity index (χ0v) is 10.7. The monoisotopic (exact) mass is 285 g/mol. The summed E-state index contributed by atoms with van der Waals surface area (Å²) in [5, 5.41) is 2.63. The van der Waals surface area contributed by atoms with Crippen LogP contribution in [0.2, 0.25) is 0 Å². The van der Waals surface area contributed by atoms with E-state index in [-0.39, 0.29) is 24.3 Å². The van der Waals surface area contributed by atoms with E-state index in [1.54, 1.807) is 0 Å². The maximum absolute atomic E-state index is 12.8. The lowest BCUT2D eigenvalue weighted by Gasteiger charge is -2.30. The number of hydrogen-bond donors (Lipinski definition) is 1. The molecular formula is C14H14F3NO2. The number of alkyl halides is 3. The minimum absolute atomic E-state index is 0.164. The summed E-state index contributed by atoms with van der Waals surface area (Å²) in [5.74, 6) is -0.457. The first-order valence-corrected chi connectivity index (χ1v) is 6.58. The molecule has 0 saturated carbocycles. The Morgan fingerprint density at radius 2 is 2.10 bits per heavy atom. The molecule has 2 aliphatic rings. The standard InChI is InChI=1S/C14H14F3NO2/c15-14(16,17)8-3-4-11-9(6-8)10(7-13(19)18-11)12-2-1-5-20-12/h3-4,6,10,12H,1-2,5,7H2,(H,18,19). The number of anilines is 1. The lowest BCUT2D eigenvalue weighted by Crippen LogP contribution is -2.30. The second-order valence-electron chi connectivity index (χ2n) is 5.21. The molecule has 0 bridgehead atoms. The topological polar surface area (TPSA) is 38.3 Å². The van der Waals surface area contributed by atoms with Gasteiger partial charge in [-0.1, -0.05) is 0 Å². The molecule has 1 fully saturated rings. The van der Waals surface area contributed by atoms with Crippen molar-refractivity contribution in [2.24, 2.45) is 0 Å². The van der Waals surface area contributed by atoms with Crippen molar-refractivity contribution in [2.75, 3.05) is 11.9 Å². The maximum Gasteiger partial charge on any atom is 0.416 e. The Labute approximate surface area is 114 Å². The fourth-order valence-electron chi connectivity index (χ4n) is 2.92. The number of hydrogen-bond acceptors (Lipinski definition) is 2. The Morgan fingerprint density at radius 1 is 1.30 bits per heavy atom. The molecule has 1 saturated heterocycles. The van der Waals surface area contributed by atoms with E-state index in [0.717, 1.165) is 25.0 Å². The van der Waals surface area contributed by atoms with Gasteiger partial charge in [0, 0.05) is 24.6 Å². The summed E-state index contributed by atoms with van der Waals surface area (Å²) in [6.45, 7) is 0.608. The van der Waals surface area contributed by atoms with Gasteiger partial charge in [-0.3, -0.25) is 4.79 Å². The Morgan fingerprint density at radius 3 is 2.75 bits per heavy atom. The van der Waals surface area contributed by atoms with Crippen LogP contribution in [0.3, 0.4) is 0 Å². The average Bonchev–Trinajstić information content (AvgIpc) is 2.89. The van der Waals surface area contributed by atoms with Gasteiger partial charge in [0.2, 0.25) is 5.91 Å². The van der Waals surface area contributed by atoms with Crippen molar-refractivity contribution >= 4 is 11.6 Å². The highest BCUT2D eigenvalue weighted by Gasteiger charge is 2.37. The van der Waals surface area contributed by atoms with Gasteiger partial charge in [-0.15, -0.1) is 0 Å². The summed E-state index contributed by atoms with van der Waals surface area (Å²) in [6, 6.07) is 3.47. The lowest BCUT2D eigenvalue weighted by atomic mass is 9.84. The van der Waals surface area contributed by atoms with Crippen molar-refractivity contribution in [3.63, 3.8) is 0 Å². The fraction of sp³-hybridized carbons (Fsp3) is 0.500. The van der Waals surface area contributed by atoms with Crippen LogP contribution in [0.25, 0.3) is 0 Å². The molecule has 0 aliphatic carbocycles. The van der Waals surface area contributed by atoms with Gasteiger partial charge in [0.15, 0.2) is 0 Å². The van der Waals surface area contributed by atoms with Crippen molar-refractivity contribution in [3.8, 4) is 0 Å². The third-order valence-electron chi connectivity index (χ3n) is 3.87. The largest absolute Gasteiger partial charge is 0.416 e. The molecule has 2 unspecified atom stereocenters. The van der Waals surface area contributed by atoms with Crippen molar-refractivity contribution < 1.29 is 22.7 Å². The molecule has 1 aromatic carbocycles. The summed E-state index contributed by atoms with van der Waals surface area (Å²) < 4.78 is 44.0. The summed E-state index contributed by atoms with van der Waals surface area (Å²) >= 11 is 0. The van der Waals surface area contributed by atoms with Gasteiger partial charge in [-0.2, -0.15) is 13.2 Å². The number of fused-ring (bicyclic) bond motifs is 1. The minimum Gasteiger partial charge on any atom is -0.378 e. The molecule has 0 spiro atoms. The predicted octanol–water partition coefficient (Wildman–Crippen LogP) is 3.31. The SMILES string of the molecule is O=C1CC(C2CCCO2)c2cc(C(F)(F)F)ccc2N1. The predicted molar refractivity (Wildman–Crippen MR) is 66.4 cm³/mol. The fourth-order valence-corrected chi connectivity index (χ4v) is 2.92. The van der Waals surface area contributed by atoms with Gasteiger partial charge >= 0.3 is 6.18 Å². The van der Waals surface area contributed by atoms with Crippen molar-refractivity contribution in [2.45, 2.75) is 37.5 Å². The van der Waals surface area contributed by atoms with Crippen LogP contribution in [0, 0.1) is 0 Å². The molecule has 1 amide bonds. The van der Waals surface area contributed by atoms with E-state index >= 15 is 0 Å². The third kappa shape index (κ3) is 2.40. The number of ether oxygens (including phenoxy) is 1. The Balaban J connectivity index is 2.01. The average molecular weight is 285 g/mol. The van der Waals surface area contributed by atoms with Crippen LogP contribution in [-0.2, 0) is 15.7 Å². The minimum atomic E-state index is -4.38. The smallest absolute Gasteiger partial charge is 0.378 e. The van der Waals surface area contributed by atoms with Crippen molar-refractivity contribution in [1.82, 2.24) is 0 Å². The van der Waals surface area contributed by atoms with Gasteiger partial charge in [-0.25, -0.2) is 0 Å². The van der Waals surface area contributed by atoms with Gasteiger partial charge in [0.25, 0.3) is 0 Å². The molecule has 3 nitrogen and oxygen atoms in total. The van der Waals surface area contributed by atoms with Crippen LogP contribution in [0.5, 0.6) is 0 Å². The summed E-state index contributed by atoms with van der Waals surface area (Å²) in [4.78, 5) is 11.7. The first kappa shape index (κ1) is 13.4. The molecule has 2 aliphatic heterocycles. The van der Waals surface area contributed by atoms with Crippen LogP contribution in [0.15, 0.2) is 18.2 Å². The molecule has 6 heteroatoms. The molecule has 0 aromatic heterocycles. The van der Waals surface area contributed by atoms with Gasteiger partial charge in [0.1, 0.15) is 0 Å². The lowest BCUT2D eigenvalue weighted by molar-refractivity contribution is -0.137. The molecule has 0 radical (unpaired) electrons. The van der Waals surface area contributed by atoms with Crippen molar-refractivity contribution in [1.29, 1.82) is 0 Å². The number of amides is 1. The van der Waals surface area contributed by atoms with E-state index in [9.17, 15) is 18.0 Å². The van der Waals surface area contributed by atoms with Crippen LogP contribution >= 0.6 is 0 Å². The van der Waals surface area contributed by atoms with Gasteiger partial charge in [-0.05, 0) is 36.6 Å². The van der Waals surface area contributed by atoms with Crippen LogP contribution in [0.4, 0.5) is 18.9 Å².